The van der Waals surface area contributed by atoms with E-state index in [1.54, 1.807) is 45.0 Å². The summed E-state index contributed by atoms with van der Waals surface area (Å²) in [6, 6.07) is 13.8. The van der Waals surface area contributed by atoms with Crippen LogP contribution in [0.2, 0.25) is 0 Å². The number of nitrogens with one attached hydrogen (secondary N) is 1. The molecule has 4 aliphatic rings. The summed E-state index contributed by atoms with van der Waals surface area (Å²) in [6.07, 6.45) is -14.4. The summed E-state index contributed by atoms with van der Waals surface area (Å²) in [7, 11) is 0. The summed E-state index contributed by atoms with van der Waals surface area (Å²) < 4.78 is 48.1. The van der Waals surface area contributed by atoms with E-state index in [1.165, 1.54) is 64.1 Å². The van der Waals surface area contributed by atoms with Crippen molar-refractivity contribution in [2.45, 2.75) is 142 Å². The third-order valence-corrected chi connectivity index (χ3v) is 14.7. The summed E-state index contributed by atoms with van der Waals surface area (Å²) in [5.41, 5.74) is -12.9. The third kappa shape index (κ3) is 12.5. The number of alkyl carbamates (subject to hydrolysis) is 1. The van der Waals surface area contributed by atoms with Crippen LogP contribution >= 0.6 is 69.6 Å². The molecular weight excluding hydrogens is 1120 g/mol. The minimum atomic E-state index is -2.67. The summed E-state index contributed by atoms with van der Waals surface area (Å²) in [5.74, 6) is -6.41. The van der Waals surface area contributed by atoms with Crippen LogP contribution < -0.4 is 5.32 Å². The smallest absolute Gasteiger partial charge is 0.456 e. The van der Waals surface area contributed by atoms with Gasteiger partial charge in [-0.25, -0.2) is 24.0 Å². The highest BCUT2D eigenvalue weighted by Crippen LogP contribution is 2.65. The van der Waals surface area contributed by atoms with E-state index in [-0.39, 0.29) is 22.3 Å². The highest BCUT2D eigenvalue weighted by atomic mass is 35.6. The minimum absolute atomic E-state index is 0.0529. The van der Waals surface area contributed by atoms with Gasteiger partial charge in [0.25, 0.3) is 0 Å². The van der Waals surface area contributed by atoms with Crippen molar-refractivity contribution in [1.29, 1.82) is 0 Å². The van der Waals surface area contributed by atoms with Gasteiger partial charge in [0, 0.05) is 25.2 Å². The van der Waals surface area contributed by atoms with Gasteiger partial charge in [0.2, 0.25) is 7.59 Å². The van der Waals surface area contributed by atoms with Crippen LogP contribution in [0.15, 0.2) is 71.8 Å². The molecule has 2 aromatic carbocycles. The Morgan fingerprint density at radius 2 is 1.36 bits per heavy atom. The van der Waals surface area contributed by atoms with Gasteiger partial charge in [0.05, 0.1) is 29.5 Å². The molecule has 3 aliphatic carbocycles. The number of carbonyl (C=O) groups is 7. The molecule has 3 N–H and O–H groups in total. The van der Waals surface area contributed by atoms with Crippen LogP contribution in [0, 0.1) is 16.7 Å². The molecule has 2 bridgehead atoms. The molecule has 25 heteroatoms. The van der Waals surface area contributed by atoms with E-state index in [4.69, 9.17) is 112 Å². The molecule has 2 aromatic rings. The highest BCUT2D eigenvalue weighted by Gasteiger charge is 2.79. The van der Waals surface area contributed by atoms with Gasteiger partial charge in [0.15, 0.2) is 23.1 Å². The number of alkyl halides is 6. The van der Waals surface area contributed by atoms with Crippen LogP contribution in [0.4, 0.5) is 14.4 Å². The zero-order valence-electron chi connectivity index (χ0n) is 42.0. The third-order valence-electron chi connectivity index (χ3n) is 14.0. The molecule has 0 aromatic heterocycles. The predicted molar refractivity (Wildman–Crippen MR) is 269 cm³/mol. The molecule has 2 saturated carbocycles. The molecule has 11 atom stereocenters. The lowest BCUT2D eigenvalue weighted by Crippen LogP contribution is -2.82. The number of carbonyl (C=O) groups excluding carboxylic acids is 7. The Balaban J connectivity index is 1.63. The van der Waals surface area contributed by atoms with Crippen molar-refractivity contribution in [3.8, 4) is 0 Å². The number of rotatable bonds is 12. The normalized spacial score (nSPS) is 29.4. The standard InChI is InChI=1S/C50H57Cl6NO18/c1-25-29(70-39(61)46(9,65)35(27-16-12-10-13-17-27)57-40(62)75-43(3,4)5)21-48(66)37(73-38(60)28-18-14-11-15-19-28)34-45(8,36(59)33(32(25)44(48,6)7)72-42(64)69-24-50(54,55)56)30(71-41(63)68-23-49(51,52)53)20-31-47(34,22-67-31)74-26(2)58/h10-19,29-31,33-35,37,65-66H,20-24H2,1-9H3,(H,57,62)/t29-,30-,31+,33+,34-,35+,37-,45+,46-,47-,48+/m0/s1. The second kappa shape index (κ2) is 21.8. The van der Waals surface area contributed by atoms with Crippen molar-refractivity contribution in [2.24, 2.45) is 16.7 Å². The lowest BCUT2D eigenvalue weighted by Gasteiger charge is -2.67. The van der Waals surface area contributed by atoms with Gasteiger partial charge < -0.3 is 58.2 Å². The zero-order valence-corrected chi connectivity index (χ0v) is 46.6. The molecule has 0 unspecified atom stereocenters. The minimum Gasteiger partial charge on any atom is -0.456 e. The summed E-state index contributed by atoms with van der Waals surface area (Å²) in [4.78, 5) is 100. The largest absolute Gasteiger partial charge is 0.509 e. The Morgan fingerprint density at radius 1 is 0.813 bits per heavy atom. The van der Waals surface area contributed by atoms with Crippen molar-refractivity contribution in [1.82, 2.24) is 5.32 Å². The molecule has 1 aliphatic heterocycles. The Labute approximate surface area is 462 Å². The van der Waals surface area contributed by atoms with Crippen LogP contribution in [0.1, 0.15) is 97.1 Å². The maximum Gasteiger partial charge on any atom is 0.509 e. The number of fused-ring (bicyclic) bond motifs is 5. The van der Waals surface area contributed by atoms with Crippen LogP contribution in [0.25, 0.3) is 0 Å². The summed E-state index contributed by atoms with van der Waals surface area (Å²) in [5, 5.41) is 29.0. The van der Waals surface area contributed by atoms with Gasteiger partial charge in [-0.15, -0.1) is 0 Å². The molecule has 0 radical (unpaired) electrons. The van der Waals surface area contributed by atoms with Crippen molar-refractivity contribution >= 4 is 112 Å². The molecule has 75 heavy (non-hydrogen) atoms. The summed E-state index contributed by atoms with van der Waals surface area (Å²) in [6.45, 7) is 10.2. The van der Waals surface area contributed by atoms with Crippen LogP contribution in [0.3, 0.4) is 0 Å². The fourth-order valence-corrected chi connectivity index (χ4v) is 10.9. The fourth-order valence-electron chi connectivity index (χ4n) is 10.5. The quantitative estimate of drug-likeness (QED) is 0.0777. The number of ketones is 1. The van der Waals surface area contributed by atoms with Crippen LogP contribution in [-0.4, -0.2) is 133 Å². The molecular formula is C50H57Cl6NO18. The van der Waals surface area contributed by atoms with E-state index in [9.17, 15) is 39.0 Å². The Kier molecular flexibility index (Phi) is 17.5. The molecule has 19 nitrogen and oxygen atoms in total. The number of aliphatic hydroxyl groups is 2. The molecule has 6 rings (SSSR count). The first-order valence-electron chi connectivity index (χ1n) is 23.3. The van der Waals surface area contributed by atoms with Crippen LogP contribution in [0.5, 0.6) is 0 Å². The van der Waals surface area contributed by atoms with E-state index < -0.39 is 158 Å². The van der Waals surface area contributed by atoms with E-state index in [2.05, 4.69) is 5.32 Å². The first-order chi connectivity index (χ1) is 34.5. The topological polar surface area (TPSA) is 255 Å². The first kappa shape index (κ1) is 59.9. The number of esters is 3. The number of Topliss-reactive ketones (excluding diaryl/α,β-unsaturated/α-hetero) is 1. The number of amides is 1. The second-order valence-corrected chi connectivity index (χ2v) is 25.7. The number of hydrogen-bond donors (Lipinski definition) is 3. The Morgan fingerprint density at radius 3 is 1.87 bits per heavy atom. The number of halogens is 6. The van der Waals surface area contributed by atoms with Gasteiger partial charge in [-0.3, -0.25) is 9.59 Å². The van der Waals surface area contributed by atoms with Crippen LogP contribution in [-0.2, 0) is 57.0 Å². The van der Waals surface area contributed by atoms with E-state index in [0.29, 0.717) is 0 Å². The van der Waals surface area contributed by atoms with E-state index >= 15 is 4.79 Å². The Bertz CT molecular complexity index is 2560. The maximum absolute atomic E-state index is 16.3. The summed E-state index contributed by atoms with van der Waals surface area (Å²) >= 11 is 35.4. The monoisotopic (exact) mass is 1170 g/mol. The van der Waals surface area contributed by atoms with E-state index in [0.717, 1.165) is 13.8 Å². The molecule has 1 saturated heterocycles. The number of ether oxygens (including phenoxy) is 9. The molecule has 412 valence electrons. The molecule has 0 spiro atoms. The maximum atomic E-state index is 16.3. The number of hydrogen-bond acceptors (Lipinski definition) is 18. The lowest BCUT2D eigenvalue weighted by atomic mass is 9.44. The van der Waals surface area contributed by atoms with Gasteiger partial charge in [-0.1, -0.05) is 132 Å². The first-order valence-corrected chi connectivity index (χ1v) is 25.6. The van der Waals surface area contributed by atoms with Gasteiger partial charge in [0.1, 0.15) is 48.8 Å². The average molecular weight is 1170 g/mol. The van der Waals surface area contributed by atoms with Crippen molar-refractivity contribution < 1.29 is 86.4 Å². The molecule has 1 heterocycles. The van der Waals surface area contributed by atoms with Gasteiger partial charge >= 0.3 is 36.3 Å². The van der Waals surface area contributed by atoms with Gasteiger partial charge in [-0.2, -0.15) is 0 Å². The van der Waals surface area contributed by atoms with Crippen molar-refractivity contribution in [3.63, 3.8) is 0 Å². The van der Waals surface area contributed by atoms with Crippen molar-refractivity contribution in [2.75, 3.05) is 19.8 Å². The number of benzene rings is 2. The predicted octanol–water partition coefficient (Wildman–Crippen LogP) is 8.71. The fraction of sp³-hybridized carbons (Fsp3) is 0.580. The van der Waals surface area contributed by atoms with Crippen molar-refractivity contribution in [3.05, 3.63) is 82.9 Å². The highest BCUT2D eigenvalue weighted by molar-refractivity contribution is 6.68. The SMILES string of the molecule is CC(=O)O[C@@]12CO[C@@H]1C[C@H](OC(=O)OCC(Cl)(Cl)Cl)[C@@]1(C)C(=O)[C@H](OC(=O)OCC(Cl)(Cl)Cl)C3=C(C)[C@@H](OC(=O)[C@@](C)(O)[C@H](NC(=O)OC(C)(C)C)c4ccccc4)C[C@@](O)([C@@H](OC(=O)c4ccccc4)[C@H]21)C3(C)C. The lowest BCUT2D eigenvalue weighted by molar-refractivity contribution is -0.346. The van der Waals surface area contributed by atoms with E-state index in [1.807, 2.05) is 0 Å². The molecule has 1 amide bonds. The average Bonchev–Trinajstić information content (AvgIpc) is 3.29. The second-order valence-electron chi connectivity index (χ2n) is 20.7. The Hall–Kier alpha value is -4.31. The van der Waals surface area contributed by atoms with Gasteiger partial charge in [-0.05, 0) is 70.4 Å². The molecule has 3 fully saturated rings. The zero-order chi connectivity index (χ0) is 56.1.